The smallest absolute Gasteiger partial charge is 0.350 e. The molecular formula is C17H22ClN5O2S. The van der Waals surface area contributed by atoms with Crippen molar-refractivity contribution in [1.82, 2.24) is 19.9 Å². The van der Waals surface area contributed by atoms with Crippen molar-refractivity contribution in [3.63, 3.8) is 0 Å². The van der Waals surface area contributed by atoms with Crippen LogP contribution in [0.1, 0.15) is 23.5 Å². The summed E-state index contributed by atoms with van der Waals surface area (Å²) in [5, 5.41) is 0. The molecule has 0 N–H and O–H groups in total. The predicted molar refractivity (Wildman–Crippen MR) is 103 cm³/mol. The summed E-state index contributed by atoms with van der Waals surface area (Å²) in [6, 6.07) is 1.88. The molecule has 0 bridgehead atoms. The topological polar surface area (TPSA) is 71.5 Å². The molecule has 1 aliphatic heterocycles. The van der Waals surface area contributed by atoms with Crippen LogP contribution in [0.5, 0.6) is 0 Å². The SMILES string of the molecule is COC(=O)c1sc(Cl)nc1-c1nccc(N2CCN(CC(C)C)CC2)n1. The second-order valence-corrected chi connectivity index (χ2v) is 8.14. The van der Waals surface area contributed by atoms with Gasteiger partial charge in [-0.3, -0.25) is 4.90 Å². The number of carbonyl (C=O) groups is 1. The molecule has 0 aliphatic carbocycles. The molecule has 0 spiro atoms. The van der Waals surface area contributed by atoms with Crippen LogP contribution in [0.4, 0.5) is 5.82 Å². The molecule has 0 saturated carbocycles. The highest BCUT2D eigenvalue weighted by Gasteiger charge is 2.23. The zero-order valence-corrected chi connectivity index (χ0v) is 16.7. The van der Waals surface area contributed by atoms with Crippen molar-refractivity contribution in [3.8, 4) is 11.5 Å². The lowest BCUT2D eigenvalue weighted by Crippen LogP contribution is -2.47. The molecule has 7 nitrogen and oxygen atoms in total. The van der Waals surface area contributed by atoms with Crippen LogP contribution >= 0.6 is 22.9 Å². The Morgan fingerprint density at radius 1 is 1.31 bits per heavy atom. The second-order valence-electron chi connectivity index (χ2n) is 6.56. The molecule has 3 rings (SSSR count). The molecule has 0 amide bonds. The molecule has 26 heavy (non-hydrogen) atoms. The van der Waals surface area contributed by atoms with Crippen LogP contribution in [0.3, 0.4) is 0 Å². The van der Waals surface area contributed by atoms with E-state index in [-0.39, 0.29) is 4.47 Å². The van der Waals surface area contributed by atoms with Crippen molar-refractivity contribution in [1.29, 1.82) is 0 Å². The van der Waals surface area contributed by atoms with Gasteiger partial charge in [-0.15, -0.1) is 0 Å². The molecule has 1 aliphatic rings. The summed E-state index contributed by atoms with van der Waals surface area (Å²) >= 11 is 7.06. The minimum absolute atomic E-state index is 0.261. The van der Waals surface area contributed by atoms with Gasteiger partial charge in [0.1, 0.15) is 16.4 Å². The Balaban J connectivity index is 1.79. The van der Waals surface area contributed by atoms with E-state index in [2.05, 4.69) is 38.6 Å². The molecule has 1 saturated heterocycles. The van der Waals surface area contributed by atoms with Gasteiger partial charge in [-0.1, -0.05) is 36.8 Å². The number of ether oxygens (including phenoxy) is 1. The van der Waals surface area contributed by atoms with Crippen LogP contribution in [0, 0.1) is 5.92 Å². The third kappa shape index (κ3) is 4.31. The molecular weight excluding hydrogens is 374 g/mol. The molecule has 9 heteroatoms. The van der Waals surface area contributed by atoms with Gasteiger partial charge >= 0.3 is 5.97 Å². The highest BCUT2D eigenvalue weighted by molar-refractivity contribution is 7.17. The fourth-order valence-corrected chi connectivity index (χ4v) is 4.01. The first kappa shape index (κ1) is 19.0. The van der Waals surface area contributed by atoms with Gasteiger partial charge in [0.25, 0.3) is 0 Å². The summed E-state index contributed by atoms with van der Waals surface area (Å²) in [5.41, 5.74) is 0.368. The van der Waals surface area contributed by atoms with Gasteiger partial charge in [0, 0.05) is 38.9 Å². The Kier molecular flexibility index (Phi) is 6.05. The molecule has 0 unspecified atom stereocenters. The Morgan fingerprint density at radius 3 is 2.69 bits per heavy atom. The van der Waals surface area contributed by atoms with E-state index < -0.39 is 5.97 Å². The molecule has 2 aromatic rings. The van der Waals surface area contributed by atoms with Gasteiger partial charge in [-0.05, 0) is 12.0 Å². The number of methoxy groups -OCH3 is 1. The van der Waals surface area contributed by atoms with E-state index in [1.54, 1.807) is 6.20 Å². The van der Waals surface area contributed by atoms with E-state index in [0.717, 1.165) is 49.9 Å². The first-order valence-electron chi connectivity index (χ1n) is 8.53. The molecule has 1 fully saturated rings. The van der Waals surface area contributed by atoms with Crippen LogP contribution in [0.15, 0.2) is 12.3 Å². The standard InChI is InChI=1S/C17H22ClN5O2S/c1-11(2)10-22-6-8-23(9-7-22)12-4-5-19-15(20-12)13-14(16(24)25-3)26-17(18)21-13/h4-5,11H,6-10H2,1-3H3. The number of rotatable bonds is 5. The number of hydrogen-bond acceptors (Lipinski definition) is 8. The fourth-order valence-electron chi connectivity index (χ4n) is 2.99. The van der Waals surface area contributed by atoms with Crippen molar-refractivity contribution in [2.45, 2.75) is 13.8 Å². The largest absolute Gasteiger partial charge is 0.465 e. The molecule has 3 heterocycles. The van der Waals surface area contributed by atoms with Crippen LogP contribution in [-0.2, 0) is 4.74 Å². The Hall–Kier alpha value is -1.77. The maximum Gasteiger partial charge on any atom is 0.350 e. The maximum atomic E-state index is 11.9. The zero-order valence-electron chi connectivity index (χ0n) is 15.1. The third-order valence-electron chi connectivity index (χ3n) is 4.14. The average Bonchev–Trinajstić information content (AvgIpc) is 3.03. The monoisotopic (exact) mass is 395 g/mol. The normalized spacial score (nSPS) is 15.5. The van der Waals surface area contributed by atoms with E-state index in [9.17, 15) is 4.79 Å². The highest BCUT2D eigenvalue weighted by Crippen LogP contribution is 2.30. The summed E-state index contributed by atoms with van der Waals surface area (Å²) in [6.45, 7) is 9.42. The summed E-state index contributed by atoms with van der Waals surface area (Å²) in [6.07, 6.45) is 1.69. The number of hydrogen-bond donors (Lipinski definition) is 0. The first-order valence-corrected chi connectivity index (χ1v) is 9.72. The van der Waals surface area contributed by atoms with Gasteiger partial charge in [-0.2, -0.15) is 0 Å². The summed E-state index contributed by atoms with van der Waals surface area (Å²) in [7, 11) is 1.33. The number of thiazole rings is 1. The zero-order chi connectivity index (χ0) is 18.7. The highest BCUT2D eigenvalue weighted by atomic mass is 35.5. The molecule has 0 atom stereocenters. The van der Waals surface area contributed by atoms with Gasteiger partial charge in [0.05, 0.1) is 7.11 Å². The fraction of sp³-hybridized carbons (Fsp3) is 0.529. The van der Waals surface area contributed by atoms with Crippen LogP contribution in [-0.4, -0.2) is 65.7 Å². The molecule has 0 aromatic carbocycles. The van der Waals surface area contributed by atoms with E-state index in [4.69, 9.17) is 16.3 Å². The lowest BCUT2D eigenvalue weighted by molar-refractivity contribution is 0.0607. The number of aromatic nitrogens is 3. The van der Waals surface area contributed by atoms with Crippen LogP contribution in [0.25, 0.3) is 11.5 Å². The lowest BCUT2D eigenvalue weighted by Gasteiger charge is -2.36. The van der Waals surface area contributed by atoms with E-state index in [1.807, 2.05) is 6.07 Å². The van der Waals surface area contributed by atoms with Crippen LogP contribution < -0.4 is 4.90 Å². The van der Waals surface area contributed by atoms with Crippen molar-refractivity contribution in [2.75, 3.05) is 44.7 Å². The summed E-state index contributed by atoms with van der Waals surface area (Å²) < 4.78 is 5.06. The number of nitrogens with zero attached hydrogens (tertiary/aromatic N) is 5. The van der Waals surface area contributed by atoms with Gasteiger partial charge in [-0.25, -0.2) is 19.7 Å². The number of piperazine rings is 1. The Bertz CT molecular complexity index is 774. The number of halogens is 1. The number of anilines is 1. The Labute approximate surface area is 162 Å². The van der Waals surface area contributed by atoms with Gasteiger partial charge in [0.2, 0.25) is 0 Å². The lowest BCUT2D eigenvalue weighted by atomic mass is 10.2. The van der Waals surface area contributed by atoms with Crippen molar-refractivity contribution in [3.05, 3.63) is 21.6 Å². The number of esters is 1. The third-order valence-corrected chi connectivity index (χ3v) is 5.28. The summed E-state index contributed by atoms with van der Waals surface area (Å²) in [4.78, 5) is 30.1. The van der Waals surface area contributed by atoms with Crippen molar-refractivity contribution in [2.24, 2.45) is 5.92 Å². The van der Waals surface area contributed by atoms with Crippen molar-refractivity contribution >= 4 is 34.7 Å². The average molecular weight is 396 g/mol. The minimum Gasteiger partial charge on any atom is -0.465 e. The minimum atomic E-state index is -0.485. The summed E-state index contributed by atoms with van der Waals surface area (Å²) in [5.74, 6) is 1.40. The van der Waals surface area contributed by atoms with Crippen LogP contribution in [0.2, 0.25) is 4.47 Å². The van der Waals surface area contributed by atoms with E-state index >= 15 is 0 Å². The van der Waals surface area contributed by atoms with E-state index in [0.29, 0.717) is 22.3 Å². The van der Waals surface area contributed by atoms with E-state index in [1.165, 1.54) is 7.11 Å². The maximum absolute atomic E-state index is 11.9. The predicted octanol–water partition coefficient (Wildman–Crippen LogP) is 2.82. The molecule has 2 aromatic heterocycles. The van der Waals surface area contributed by atoms with Crippen molar-refractivity contribution < 1.29 is 9.53 Å². The quantitative estimate of drug-likeness (QED) is 0.721. The molecule has 0 radical (unpaired) electrons. The molecule has 140 valence electrons. The van der Waals surface area contributed by atoms with Gasteiger partial charge < -0.3 is 9.64 Å². The Morgan fingerprint density at radius 2 is 2.04 bits per heavy atom. The van der Waals surface area contributed by atoms with Gasteiger partial charge in [0.15, 0.2) is 10.3 Å². The number of carbonyl (C=O) groups excluding carboxylic acids is 1. The first-order chi connectivity index (χ1) is 12.5. The second kappa shape index (κ2) is 8.28.